The molecule has 0 radical (unpaired) electrons. The van der Waals surface area contributed by atoms with Gasteiger partial charge in [-0.2, -0.15) is 5.10 Å². The van der Waals surface area contributed by atoms with Crippen LogP contribution < -0.4 is 10.6 Å². The number of nitrogens with one attached hydrogen (secondary N) is 2. The first-order chi connectivity index (χ1) is 12.0. The van der Waals surface area contributed by atoms with Crippen LogP contribution in [-0.4, -0.2) is 14.9 Å². The molecule has 0 spiro atoms. The van der Waals surface area contributed by atoms with Crippen LogP contribution in [-0.2, 0) is 6.54 Å². The van der Waals surface area contributed by atoms with Crippen LogP contribution in [0.2, 0.25) is 0 Å². The molecule has 0 unspecified atom stereocenters. The zero-order valence-electron chi connectivity index (χ0n) is 14.7. The van der Waals surface area contributed by atoms with Gasteiger partial charge in [-0.05, 0) is 55.7 Å². The van der Waals surface area contributed by atoms with Gasteiger partial charge in [0.2, 0.25) is 0 Å². The molecular weight excluding hydrogens is 328 g/mol. The quantitative estimate of drug-likeness (QED) is 0.671. The highest BCUT2D eigenvalue weighted by atomic mass is 32.1. The van der Waals surface area contributed by atoms with Crippen LogP contribution in [0.1, 0.15) is 22.3 Å². The molecule has 4 nitrogen and oxygen atoms in total. The van der Waals surface area contributed by atoms with Gasteiger partial charge in [0, 0.05) is 18.0 Å². The Morgan fingerprint density at radius 1 is 0.960 bits per heavy atom. The molecule has 128 valence electrons. The lowest BCUT2D eigenvalue weighted by molar-refractivity contribution is 0.690. The predicted molar refractivity (Wildman–Crippen MR) is 108 cm³/mol. The standard InChI is InChI=1S/C20H22N4S/c1-14-5-8-17(9-6-14)13-24-11-10-19(23-24)22-20(25)21-18-12-15(2)4-7-16(18)3/h4-12H,13H2,1-3H3,(H2,21,22,23,25). The number of rotatable bonds is 4. The second-order valence-corrected chi connectivity index (χ2v) is 6.69. The van der Waals surface area contributed by atoms with Gasteiger partial charge in [0.05, 0.1) is 6.54 Å². The summed E-state index contributed by atoms with van der Waals surface area (Å²) in [6.07, 6.45) is 1.95. The molecule has 0 aliphatic heterocycles. The van der Waals surface area contributed by atoms with E-state index >= 15 is 0 Å². The van der Waals surface area contributed by atoms with Crippen LogP contribution in [0.3, 0.4) is 0 Å². The smallest absolute Gasteiger partial charge is 0.176 e. The fourth-order valence-corrected chi connectivity index (χ4v) is 2.75. The summed E-state index contributed by atoms with van der Waals surface area (Å²) in [7, 11) is 0. The molecule has 3 aromatic rings. The maximum absolute atomic E-state index is 5.40. The number of thiocarbonyl (C=S) groups is 1. The normalized spacial score (nSPS) is 10.5. The largest absolute Gasteiger partial charge is 0.332 e. The third kappa shape index (κ3) is 4.67. The highest BCUT2D eigenvalue weighted by molar-refractivity contribution is 7.80. The highest BCUT2D eigenvalue weighted by Crippen LogP contribution is 2.17. The topological polar surface area (TPSA) is 41.9 Å². The zero-order chi connectivity index (χ0) is 17.8. The number of aryl methyl sites for hydroxylation is 3. The highest BCUT2D eigenvalue weighted by Gasteiger charge is 2.05. The first kappa shape index (κ1) is 17.2. The minimum atomic E-state index is 0.536. The van der Waals surface area contributed by atoms with E-state index < -0.39 is 0 Å². The third-order valence-corrected chi connectivity index (χ3v) is 4.19. The van der Waals surface area contributed by atoms with Crippen molar-refractivity contribution in [3.8, 4) is 0 Å². The van der Waals surface area contributed by atoms with E-state index in [4.69, 9.17) is 12.2 Å². The molecule has 0 aliphatic rings. The van der Waals surface area contributed by atoms with Crippen molar-refractivity contribution < 1.29 is 0 Å². The second kappa shape index (κ2) is 7.49. The molecule has 3 rings (SSSR count). The second-order valence-electron chi connectivity index (χ2n) is 6.28. The zero-order valence-corrected chi connectivity index (χ0v) is 15.5. The molecule has 5 heteroatoms. The van der Waals surface area contributed by atoms with Crippen molar-refractivity contribution in [2.75, 3.05) is 10.6 Å². The van der Waals surface area contributed by atoms with Crippen LogP contribution in [0.5, 0.6) is 0 Å². The predicted octanol–water partition coefficient (Wildman–Crippen LogP) is 4.67. The first-order valence-electron chi connectivity index (χ1n) is 8.24. The van der Waals surface area contributed by atoms with E-state index in [1.54, 1.807) is 0 Å². The van der Waals surface area contributed by atoms with Crippen LogP contribution in [0.25, 0.3) is 0 Å². The van der Waals surface area contributed by atoms with Gasteiger partial charge in [-0.15, -0.1) is 0 Å². The van der Waals surface area contributed by atoms with Crippen molar-refractivity contribution in [2.24, 2.45) is 0 Å². The monoisotopic (exact) mass is 350 g/mol. The van der Waals surface area contributed by atoms with Gasteiger partial charge in [-0.1, -0.05) is 42.0 Å². The van der Waals surface area contributed by atoms with E-state index in [0.29, 0.717) is 5.11 Å². The summed E-state index contributed by atoms with van der Waals surface area (Å²) in [5.41, 5.74) is 5.83. The van der Waals surface area contributed by atoms with Gasteiger partial charge < -0.3 is 10.6 Å². The summed E-state index contributed by atoms with van der Waals surface area (Å²) < 4.78 is 1.90. The van der Waals surface area contributed by atoms with E-state index in [1.807, 2.05) is 16.9 Å². The Balaban J connectivity index is 1.61. The Hall–Kier alpha value is -2.66. The van der Waals surface area contributed by atoms with Gasteiger partial charge in [0.15, 0.2) is 10.9 Å². The minimum Gasteiger partial charge on any atom is -0.332 e. The van der Waals surface area contributed by atoms with E-state index in [9.17, 15) is 0 Å². The molecule has 25 heavy (non-hydrogen) atoms. The summed E-state index contributed by atoms with van der Waals surface area (Å²) in [4.78, 5) is 0. The van der Waals surface area contributed by atoms with Crippen LogP contribution in [0.15, 0.2) is 54.7 Å². The molecule has 1 aromatic heterocycles. The van der Waals surface area contributed by atoms with Gasteiger partial charge >= 0.3 is 0 Å². The maximum Gasteiger partial charge on any atom is 0.176 e. The molecule has 0 fully saturated rings. The molecule has 2 aromatic carbocycles. The summed E-state index contributed by atoms with van der Waals surface area (Å²) in [6.45, 7) is 6.94. The van der Waals surface area contributed by atoms with Crippen molar-refractivity contribution in [1.82, 2.24) is 9.78 Å². The molecule has 2 N–H and O–H groups in total. The first-order valence-corrected chi connectivity index (χ1v) is 8.65. The Morgan fingerprint density at radius 3 is 2.44 bits per heavy atom. The lowest BCUT2D eigenvalue weighted by atomic mass is 10.1. The van der Waals surface area contributed by atoms with Gasteiger partial charge in [0.1, 0.15) is 0 Å². The summed E-state index contributed by atoms with van der Waals surface area (Å²) in [6, 6.07) is 16.6. The number of aromatic nitrogens is 2. The summed E-state index contributed by atoms with van der Waals surface area (Å²) in [5.74, 6) is 0.731. The molecule has 0 bridgehead atoms. The van der Waals surface area contributed by atoms with Crippen molar-refractivity contribution >= 4 is 28.8 Å². The molecule has 0 saturated heterocycles. The average Bonchev–Trinajstić information content (AvgIpc) is 3.00. The van der Waals surface area contributed by atoms with Gasteiger partial charge in [-0.3, -0.25) is 4.68 Å². The van der Waals surface area contributed by atoms with Crippen molar-refractivity contribution in [1.29, 1.82) is 0 Å². The van der Waals surface area contributed by atoms with E-state index in [-0.39, 0.29) is 0 Å². The van der Waals surface area contributed by atoms with E-state index in [2.05, 4.69) is 79.0 Å². The fraction of sp³-hybridized carbons (Fsp3) is 0.200. The van der Waals surface area contributed by atoms with E-state index in [1.165, 1.54) is 16.7 Å². The Bertz CT molecular complexity index is 881. The van der Waals surface area contributed by atoms with E-state index in [0.717, 1.165) is 23.6 Å². The summed E-state index contributed by atoms with van der Waals surface area (Å²) >= 11 is 5.40. The molecule has 0 aliphatic carbocycles. The molecule has 1 heterocycles. The number of hydrogen-bond acceptors (Lipinski definition) is 2. The number of benzene rings is 2. The molecule has 0 saturated carbocycles. The van der Waals surface area contributed by atoms with Crippen LogP contribution >= 0.6 is 12.2 Å². The van der Waals surface area contributed by atoms with Crippen molar-refractivity contribution in [3.63, 3.8) is 0 Å². The number of nitrogens with zero attached hydrogens (tertiary/aromatic N) is 2. The fourth-order valence-electron chi connectivity index (χ4n) is 2.54. The molecule has 0 amide bonds. The molecule has 0 atom stereocenters. The Morgan fingerprint density at radius 2 is 1.68 bits per heavy atom. The van der Waals surface area contributed by atoms with Crippen LogP contribution in [0.4, 0.5) is 11.5 Å². The van der Waals surface area contributed by atoms with Crippen molar-refractivity contribution in [2.45, 2.75) is 27.3 Å². The Kier molecular flexibility index (Phi) is 5.14. The van der Waals surface area contributed by atoms with Crippen LogP contribution in [0, 0.1) is 20.8 Å². The molecular formula is C20H22N4S. The minimum absolute atomic E-state index is 0.536. The lowest BCUT2D eigenvalue weighted by Crippen LogP contribution is -2.20. The average molecular weight is 350 g/mol. The number of hydrogen-bond donors (Lipinski definition) is 2. The maximum atomic E-state index is 5.40. The third-order valence-electron chi connectivity index (χ3n) is 3.99. The van der Waals surface area contributed by atoms with Gasteiger partial charge in [0.25, 0.3) is 0 Å². The number of anilines is 2. The Labute approximate surface area is 153 Å². The SMILES string of the molecule is Cc1ccc(Cn2ccc(NC(=S)Nc3cc(C)ccc3C)n2)cc1. The summed E-state index contributed by atoms with van der Waals surface area (Å²) in [5, 5.41) is 11.4. The van der Waals surface area contributed by atoms with Crippen molar-refractivity contribution in [3.05, 3.63) is 77.0 Å². The lowest BCUT2D eigenvalue weighted by Gasteiger charge is -2.11. The van der Waals surface area contributed by atoms with Gasteiger partial charge in [-0.25, -0.2) is 0 Å².